The quantitative estimate of drug-likeness (QED) is 0.882. The number of hydrogen-bond donors (Lipinski definition) is 1. The molecule has 0 amide bonds. The van der Waals surface area contributed by atoms with Gasteiger partial charge in [-0.2, -0.15) is 0 Å². The number of aromatic nitrogens is 4. The predicted octanol–water partition coefficient (Wildman–Crippen LogP) is 1.42. The molecule has 0 aliphatic carbocycles. The fourth-order valence-corrected chi connectivity index (χ4v) is 2.80. The number of nitrogens with zero attached hydrogens (tertiary/aromatic N) is 6. The highest BCUT2D eigenvalue weighted by atomic mass is 16.5. The normalized spacial score (nSPS) is 17.5. The maximum atomic E-state index is 5.19. The van der Waals surface area contributed by atoms with Crippen molar-refractivity contribution in [1.82, 2.24) is 19.9 Å². The van der Waals surface area contributed by atoms with Gasteiger partial charge in [0.15, 0.2) is 0 Å². The number of anilines is 3. The van der Waals surface area contributed by atoms with E-state index in [1.54, 1.807) is 19.8 Å². The van der Waals surface area contributed by atoms with Crippen LogP contribution in [0, 0.1) is 0 Å². The minimum Gasteiger partial charge on any atom is -0.481 e. The maximum absolute atomic E-state index is 5.19. The Morgan fingerprint density at radius 3 is 2.79 bits per heavy atom. The summed E-state index contributed by atoms with van der Waals surface area (Å²) in [4.78, 5) is 21.2. The van der Waals surface area contributed by atoms with Crippen molar-refractivity contribution in [3.05, 3.63) is 24.8 Å². The monoisotopic (exact) mass is 329 g/mol. The number of nitrogens with one attached hydrogen (secondary N) is 1. The van der Waals surface area contributed by atoms with Crippen molar-refractivity contribution in [2.24, 2.45) is 0 Å². The number of hydrogen-bond acceptors (Lipinski definition) is 8. The van der Waals surface area contributed by atoms with E-state index in [9.17, 15) is 0 Å². The van der Waals surface area contributed by atoms with Gasteiger partial charge >= 0.3 is 0 Å². The Labute approximate surface area is 141 Å². The summed E-state index contributed by atoms with van der Waals surface area (Å²) in [6.45, 7) is 1.84. The summed E-state index contributed by atoms with van der Waals surface area (Å²) in [6, 6.07) is 4.15. The summed E-state index contributed by atoms with van der Waals surface area (Å²) < 4.78 is 5.19. The van der Waals surface area contributed by atoms with Crippen LogP contribution in [0.5, 0.6) is 5.88 Å². The third-order valence-electron chi connectivity index (χ3n) is 4.04. The lowest BCUT2D eigenvalue weighted by Crippen LogP contribution is -2.42. The van der Waals surface area contributed by atoms with Crippen LogP contribution < -0.4 is 19.9 Å². The average Bonchev–Trinajstić information content (AvgIpc) is 2.62. The minimum atomic E-state index is 0.310. The van der Waals surface area contributed by atoms with Crippen LogP contribution in [0.25, 0.3) is 0 Å². The zero-order valence-corrected chi connectivity index (χ0v) is 14.3. The van der Waals surface area contributed by atoms with E-state index in [0.29, 0.717) is 11.9 Å². The molecular formula is C16H23N7O. The average molecular weight is 329 g/mol. The van der Waals surface area contributed by atoms with E-state index in [0.717, 1.165) is 43.4 Å². The van der Waals surface area contributed by atoms with Gasteiger partial charge in [-0.05, 0) is 12.8 Å². The van der Waals surface area contributed by atoms with Crippen molar-refractivity contribution < 1.29 is 4.74 Å². The molecule has 0 bridgehead atoms. The maximum Gasteiger partial charge on any atom is 0.218 e. The summed E-state index contributed by atoms with van der Waals surface area (Å²) in [5.41, 5.74) is 0. The van der Waals surface area contributed by atoms with Crippen molar-refractivity contribution in [2.45, 2.75) is 18.9 Å². The molecule has 24 heavy (non-hydrogen) atoms. The Hall–Kier alpha value is -2.64. The van der Waals surface area contributed by atoms with Gasteiger partial charge in [0.1, 0.15) is 30.1 Å². The molecule has 1 aliphatic rings. The van der Waals surface area contributed by atoms with Crippen LogP contribution in [0.3, 0.4) is 0 Å². The van der Waals surface area contributed by atoms with Gasteiger partial charge in [0.25, 0.3) is 0 Å². The fraction of sp³-hybridized carbons (Fsp3) is 0.500. The molecule has 8 nitrogen and oxygen atoms in total. The van der Waals surface area contributed by atoms with E-state index in [4.69, 9.17) is 4.74 Å². The first-order valence-corrected chi connectivity index (χ1v) is 8.02. The Morgan fingerprint density at radius 2 is 2.00 bits per heavy atom. The second-order valence-electron chi connectivity index (χ2n) is 6.00. The highest BCUT2D eigenvalue weighted by molar-refractivity contribution is 5.49. The molecule has 1 N–H and O–H groups in total. The van der Waals surface area contributed by atoms with Gasteiger partial charge in [-0.15, -0.1) is 0 Å². The number of piperidine rings is 1. The minimum absolute atomic E-state index is 0.310. The van der Waals surface area contributed by atoms with E-state index in [-0.39, 0.29) is 0 Å². The highest BCUT2D eigenvalue weighted by Crippen LogP contribution is 2.22. The molecule has 1 fully saturated rings. The van der Waals surface area contributed by atoms with E-state index in [2.05, 4.69) is 30.2 Å². The third-order valence-corrected chi connectivity index (χ3v) is 4.04. The number of rotatable bonds is 5. The molecule has 3 rings (SSSR count). The number of methoxy groups -OCH3 is 1. The highest BCUT2D eigenvalue weighted by Gasteiger charge is 2.21. The molecule has 2 aromatic heterocycles. The Morgan fingerprint density at radius 1 is 1.17 bits per heavy atom. The smallest absolute Gasteiger partial charge is 0.218 e. The molecule has 1 saturated heterocycles. The molecular weight excluding hydrogens is 306 g/mol. The zero-order valence-electron chi connectivity index (χ0n) is 14.3. The fourth-order valence-electron chi connectivity index (χ4n) is 2.80. The van der Waals surface area contributed by atoms with E-state index in [1.165, 1.54) is 0 Å². The summed E-state index contributed by atoms with van der Waals surface area (Å²) >= 11 is 0. The first kappa shape index (κ1) is 16.2. The standard InChI is InChI=1S/C16H23N7O/c1-22(2)14-7-13(17-10-18-14)21-12-5-4-6-23(9-12)15-8-16(24-3)20-11-19-15/h7-8,10-12H,4-6,9H2,1-3H3,(H,17,18,21). The first-order valence-electron chi connectivity index (χ1n) is 8.02. The van der Waals surface area contributed by atoms with Gasteiger partial charge in [-0.25, -0.2) is 19.9 Å². The second-order valence-corrected chi connectivity index (χ2v) is 6.00. The van der Waals surface area contributed by atoms with Gasteiger partial charge in [0.05, 0.1) is 7.11 Å². The lowest BCUT2D eigenvalue weighted by atomic mass is 10.1. The molecule has 8 heteroatoms. The van der Waals surface area contributed by atoms with Crippen molar-refractivity contribution in [3.8, 4) is 5.88 Å². The molecule has 0 aromatic carbocycles. The van der Waals surface area contributed by atoms with Crippen LogP contribution in [-0.4, -0.2) is 60.3 Å². The molecule has 0 spiro atoms. The van der Waals surface area contributed by atoms with Gasteiger partial charge < -0.3 is 19.9 Å². The van der Waals surface area contributed by atoms with Crippen LogP contribution in [0.1, 0.15) is 12.8 Å². The van der Waals surface area contributed by atoms with Gasteiger partial charge in [-0.1, -0.05) is 0 Å². The lowest BCUT2D eigenvalue weighted by Gasteiger charge is -2.34. The number of ether oxygens (including phenoxy) is 1. The Bertz CT molecular complexity index is 679. The molecule has 2 aromatic rings. The molecule has 1 aliphatic heterocycles. The topological polar surface area (TPSA) is 79.3 Å². The van der Waals surface area contributed by atoms with Crippen LogP contribution in [0.15, 0.2) is 24.8 Å². The van der Waals surface area contributed by atoms with Gasteiger partial charge in [-0.3, -0.25) is 0 Å². The predicted molar refractivity (Wildman–Crippen MR) is 93.8 cm³/mol. The van der Waals surface area contributed by atoms with Crippen molar-refractivity contribution in [2.75, 3.05) is 49.4 Å². The van der Waals surface area contributed by atoms with Crippen molar-refractivity contribution in [1.29, 1.82) is 0 Å². The Balaban J connectivity index is 1.68. The Kier molecular flexibility index (Phi) is 4.93. The van der Waals surface area contributed by atoms with Crippen LogP contribution in [0.2, 0.25) is 0 Å². The van der Waals surface area contributed by atoms with Gasteiger partial charge in [0.2, 0.25) is 5.88 Å². The first-order chi connectivity index (χ1) is 11.7. The van der Waals surface area contributed by atoms with E-state index in [1.807, 2.05) is 31.1 Å². The zero-order chi connectivity index (χ0) is 16.9. The van der Waals surface area contributed by atoms with Crippen LogP contribution in [-0.2, 0) is 0 Å². The van der Waals surface area contributed by atoms with Crippen LogP contribution in [0.4, 0.5) is 17.5 Å². The third kappa shape index (κ3) is 3.81. The van der Waals surface area contributed by atoms with E-state index < -0.39 is 0 Å². The summed E-state index contributed by atoms with van der Waals surface area (Å²) in [5.74, 6) is 3.22. The largest absolute Gasteiger partial charge is 0.481 e. The molecule has 0 saturated carbocycles. The second kappa shape index (κ2) is 7.29. The van der Waals surface area contributed by atoms with Crippen LogP contribution >= 0.6 is 0 Å². The summed E-state index contributed by atoms with van der Waals surface area (Å²) in [6.07, 6.45) is 5.32. The molecule has 1 unspecified atom stereocenters. The molecule has 1 atom stereocenters. The molecule has 128 valence electrons. The van der Waals surface area contributed by atoms with Gasteiger partial charge in [0, 0.05) is 45.4 Å². The lowest BCUT2D eigenvalue weighted by molar-refractivity contribution is 0.396. The van der Waals surface area contributed by atoms with E-state index >= 15 is 0 Å². The SMILES string of the molecule is COc1cc(N2CCCC(Nc3cc(N(C)C)ncn3)C2)ncn1. The van der Waals surface area contributed by atoms with Crippen molar-refractivity contribution in [3.63, 3.8) is 0 Å². The summed E-state index contributed by atoms with van der Waals surface area (Å²) in [5, 5.41) is 3.51. The van der Waals surface area contributed by atoms with Crippen molar-refractivity contribution >= 4 is 17.5 Å². The molecule has 0 radical (unpaired) electrons. The summed E-state index contributed by atoms with van der Waals surface area (Å²) in [7, 11) is 5.55. The molecule has 3 heterocycles.